The van der Waals surface area contributed by atoms with E-state index in [9.17, 15) is 0 Å². The van der Waals surface area contributed by atoms with Crippen LogP contribution < -0.4 is 5.32 Å². The van der Waals surface area contributed by atoms with Crippen LogP contribution in [-0.2, 0) is 4.74 Å². The number of hydrogen-bond donors (Lipinski definition) is 1. The first kappa shape index (κ1) is 15.3. The van der Waals surface area contributed by atoms with Crippen LogP contribution >= 0.6 is 0 Å². The van der Waals surface area contributed by atoms with Gasteiger partial charge >= 0.3 is 0 Å². The summed E-state index contributed by atoms with van der Waals surface area (Å²) in [5.41, 5.74) is 0.859. The van der Waals surface area contributed by atoms with Gasteiger partial charge in [-0.15, -0.1) is 0 Å². The molecule has 2 nitrogen and oxygen atoms in total. The largest absolute Gasteiger partial charge is 0.377 e. The summed E-state index contributed by atoms with van der Waals surface area (Å²) in [6, 6.07) is 0. The standard InChI is InChI=1S/C17H33NO/c1-5-11-18-13-17(9-8-16(2,3)4)10-12-19-15(17)14-6-7-14/h14-15,18H,5-13H2,1-4H3. The Morgan fingerprint density at radius 1 is 1.26 bits per heavy atom. The van der Waals surface area contributed by atoms with Gasteiger partial charge in [-0.25, -0.2) is 0 Å². The number of ether oxygens (including phenoxy) is 1. The lowest BCUT2D eigenvalue weighted by Crippen LogP contribution is -2.42. The van der Waals surface area contributed by atoms with Crippen molar-refractivity contribution in [3.8, 4) is 0 Å². The van der Waals surface area contributed by atoms with Crippen LogP contribution in [0.4, 0.5) is 0 Å². The normalized spacial score (nSPS) is 31.9. The van der Waals surface area contributed by atoms with Gasteiger partial charge in [0.2, 0.25) is 0 Å². The Kier molecular flexibility index (Phi) is 4.94. The minimum absolute atomic E-state index is 0.420. The smallest absolute Gasteiger partial charge is 0.0672 e. The lowest BCUT2D eigenvalue weighted by molar-refractivity contribution is 0.0215. The van der Waals surface area contributed by atoms with Gasteiger partial charge in [-0.05, 0) is 56.4 Å². The summed E-state index contributed by atoms with van der Waals surface area (Å²) in [6.07, 6.45) is 8.47. The molecular weight excluding hydrogens is 234 g/mol. The van der Waals surface area contributed by atoms with Crippen LogP contribution in [0.3, 0.4) is 0 Å². The summed E-state index contributed by atoms with van der Waals surface area (Å²) in [7, 11) is 0. The van der Waals surface area contributed by atoms with E-state index in [0.717, 1.165) is 25.6 Å². The number of nitrogens with one attached hydrogen (secondary N) is 1. The van der Waals surface area contributed by atoms with Crippen LogP contribution in [0.15, 0.2) is 0 Å². The summed E-state index contributed by atoms with van der Waals surface area (Å²) in [6.45, 7) is 12.6. The molecule has 19 heavy (non-hydrogen) atoms. The summed E-state index contributed by atoms with van der Waals surface area (Å²) in [4.78, 5) is 0. The van der Waals surface area contributed by atoms with E-state index in [2.05, 4.69) is 33.0 Å². The molecule has 0 spiro atoms. The van der Waals surface area contributed by atoms with E-state index >= 15 is 0 Å². The SMILES string of the molecule is CCCNCC1(CCC(C)(C)C)CCOC1C1CC1. The van der Waals surface area contributed by atoms with Crippen molar-refractivity contribution < 1.29 is 4.74 Å². The van der Waals surface area contributed by atoms with E-state index < -0.39 is 0 Å². The Balaban J connectivity index is 1.98. The minimum atomic E-state index is 0.420. The molecule has 1 aliphatic heterocycles. The highest BCUT2D eigenvalue weighted by atomic mass is 16.5. The first-order valence-corrected chi connectivity index (χ1v) is 8.29. The molecule has 0 bridgehead atoms. The molecule has 2 fully saturated rings. The first-order chi connectivity index (χ1) is 8.97. The molecule has 2 aliphatic rings. The van der Waals surface area contributed by atoms with Gasteiger partial charge in [0.05, 0.1) is 6.10 Å². The monoisotopic (exact) mass is 267 g/mol. The Hall–Kier alpha value is -0.0800. The molecule has 2 unspecified atom stereocenters. The van der Waals surface area contributed by atoms with Gasteiger partial charge in [0.1, 0.15) is 0 Å². The highest BCUT2D eigenvalue weighted by Gasteiger charge is 2.50. The van der Waals surface area contributed by atoms with Crippen LogP contribution in [0.2, 0.25) is 0 Å². The molecule has 0 aromatic heterocycles. The average Bonchev–Trinajstić information content (AvgIpc) is 3.09. The molecule has 112 valence electrons. The van der Waals surface area contributed by atoms with Gasteiger partial charge in [-0.2, -0.15) is 0 Å². The van der Waals surface area contributed by atoms with Crippen LogP contribution in [0.1, 0.15) is 66.2 Å². The molecule has 0 amide bonds. The maximum atomic E-state index is 6.15. The zero-order valence-electron chi connectivity index (χ0n) is 13.4. The van der Waals surface area contributed by atoms with E-state index in [1.54, 1.807) is 0 Å². The molecular formula is C17H33NO. The molecule has 1 saturated carbocycles. The first-order valence-electron chi connectivity index (χ1n) is 8.29. The van der Waals surface area contributed by atoms with Crippen LogP contribution in [0.5, 0.6) is 0 Å². The van der Waals surface area contributed by atoms with Gasteiger partial charge in [0, 0.05) is 18.6 Å². The van der Waals surface area contributed by atoms with Gasteiger partial charge < -0.3 is 10.1 Å². The third-order valence-electron chi connectivity index (χ3n) is 4.83. The molecule has 2 heteroatoms. The van der Waals surface area contributed by atoms with Gasteiger partial charge in [0.25, 0.3) is 0 Å². The quantitative estimate of drug-likeness (QED) is 0.704. The second-order valence-electron chi connectivity index (χ2n) is 7.98. The third kappa shape index (κ3) is 4.19. The van der Waals surface area contributed by atoms with Crippen molar-refractivity contribution in [3.05, 3.63) is 0 Å². The fourth-order valence-electron chi connectivity index (χ4n) is 3.43. The Labute approximate surface area is 119 Å². The van der Waals surface area contributed by atoms with Crippen LogP contribution in [0.25, 0.3) is 0 Å². The predicted octanol–water partition coefficient (Wildman–Crippen LogP) is 4.00. The summed E-state index contributed by atoms with van der Waals surface area (Å²) < 4.78 is 6.15. The predicted molar refractivity (Wildman–Crippen MR) is 81.4 cm³/mol. The molecule has 2 rings (SSSR count). The van der Waals surface area contributed by atoms with Crippen molar-refractivity contribution in [2.75, 3.05) is 19.7 Å². The van der Waals surface area contributed by atoms with Crippen molar-refractivity contribution in [1.29, 1.82) is 0 Å². The third-order valence-corrected chi connectivity index (χ3v) is 4.83. The van der Waals surface area contributed by atoms with E-state index in [1.807, 2.05) is 0 Å². The maximum Gasteiger partial charge on any atom is 0.0672 e. The Morgan fingerprint density at radius 3 is 2.58 bits per heavy atom. The Bertz CT molecular complexity index is 279. The summed E-state index contributed by atoms with van der Waals surface area (Å²) in [5.74, 6) is 0.867. The van der Waals surface area contributed by atoms with E-state index in [4.69, 9.17) is 4.74 Å². The van der Waals surface area contributed by atoms with Gasteiger partial charge in [0.15, 0.2) is 0 Å². The van der Waals surface area contributed by atoms with Crippen molar-refractivity contribution in [2.24, 2.45) is 16.7 Å². The van der Waals surface area contributed by atoms with E-state index in [0.29, 0.717) is 16.9 Å². The summed E-state index contributed by atoms with van der Waals surface area (Å²) >= 11 is 0. The molecule has 1 aliphatic carbocycles. The number of rotatable bonds is 7. The van der Waals surface area contributed by atoms with Crippen molar-refractivity contribution in [1.82, 2.24) is 5.32 Å². The number of hydrogen-bond acceptors (Lipinski definition) is 2. The lowest BCUT2D eigenvalue weighted by atomic mass is 9.71. The molecule has 1 saturated heterocycles. The Morgan fingerprint density at radius 2 is 2.00 bits per heavy atom. The van der Waals surface area contributed by atoms with Crippen molar-refractivity contribution in [3.63, 3.8) is 0 Å². The summed E-state index contributed by atoms with van der Waals surface area (Å²) in [5, 5.41) is 3.69. The molecule has 2 atom stereocenters. The zero-order chi connectivity index (χ0) is 13.9. The lowest BCUT2D eigenvalue weighted by Gasteiger charge is -2.37. The van der Waals surface area contributed by atoms with Gasteiger partial charge in [-0.1, -0.05) is 27.7 Å². The van der Waals surface area contributed by atoms with Crippen LogP contribution in [0, 0.1) is 16.7 Å². The second kappa shape index (κ2) is 6.13. The van der Waals surface area contributed by atoms with Gasteiger partial charge in [-0.3, -0.25) is 0 Å². The molecule has 0 aromatic carbocycles. The molecule has 0 radical (unpaired) electrons. The highest BCUT2D eigenvalue weighted by Crippen LogP contribution is 2.50. The van der Waals surface area contributed by atoms with E-state index in [-0.39, 0.29) is 0 Å². The zero-order valence-corrected chi connectivity index (χ0v) is 13.4. The molecule has 0 aromatic rings. The van der Waals surface area contributed by atoms with Crippen molar-refractivity contribution >= 4 is 0 Å². The average molecular weight is 267 g/mol. The van der Waals surface area contributed by atoms with Crippen LogP contribution in [-0.4, -0.2) is 25.8 Å². The fraction of sp³-hybridized carbons (Fsp3) is 1.00. The van der Waals surface area contributed by atoms with E-state index in [1.165, 1.54) is 38.5 Å². The topological polar surface area (TPSA) is 21.3 Å². The minimum Gasteiger partial charge on any atom is -0.377 e. The maximum absolute atomic E-state index is 6.15. The fourth-order valence-corrected chi connectivity index (χ4v) is 3.43. The molecule has 1 N–H and O–H groups in total. The molecule has 1 heterocycles. The second-order valence-corrected chi connectivity index (χ2v) is 7.98. The highest BCUT2D eigenvalue weighted by molar-refractivity contribution is 5.00. The van der Waals surface area contributed by atoms with Crippen molar-refractivity contribution in [2.45, 2.75) is 72.3 Å².